The van der Waals surface area contributed by atoms with Crippen LogP contribution in [0.5, 0.6) is 0 Å². The number of benzene rings is 2. The number of nitrogens with zero attached hydrogens (tertiary/aromatic N) is 1. The van der Waals surface area contributed by atoms with Crippen LogP contribution in [0.2, 0.25) is 0 Å². The maximum Gasteiger partial charge on any atom is 0.128 e. The van der Waals surface area contributed by atoms with Crippen LogP contribution in [-0.4, -0.2) is 9.97 Å². The summed E-state index contributed by atoms with van der Waals surface area (Å²) in [7, 11) is 0. The molecule has 20 heavy (non-hydrogen) atoms. The van der Waals surface area contributed by atoms with Gasteiger partial charge >= 0.3 is 0 Å². The fraction of sp³-hybridized carbons (Fsp3) is 0.0625. The van der Waals surface area contributed by atoms with E-state index in [4.69, 9.17) is 5.73 Å². The van der Waals surface area contributed by atoms with Gasteiger partial charge in [-0.3, -0.25) is 0 Å². The van der Waals surface area contributed by atoms with E-state index in [-0.39, 0.29) is 6.04 Å². The second-order valence-corrected chi connectivity index (χ2v) is 5.82. The Balaban J connectivity index is 1.89. The van der Waals surface area contributed by atoms with E-state index in [0.717, 1.165) is 22.6 Å². The molecule has 3 aromatic rings. The summed E-state index contributed by atoms with van der Waals surface area (Å²) in [6.07, 6.45) is 1.83. The van der Waals surface area contributed by atoms with E-state index in [1.165, 1.54) is 3.57 Å². The molecule has 0 spiro atoms. The van der Waals surface area contributed by atoms with Crippen molar-refractivity contribution in [2.75, 3.05) is 0 Å². The average Bonchev–Trinajstić information content (AvgIpc) is 2.98. The Bertz CT molecular complexity index is 689. The summed E-state index contributed by atoms with van der Waals surface area (Å²) in [6.45, 7) is 0. The highest BCUT2D eigenvalue weighted by molar-refractivity contribution is 14.1. The van der Waals surface area contributed by atoms with E-state index >= 15 is 0 Å². The van der Waals surface area contributed by atoms with Crippen molar-refractivity contribution < 1.29 is 0 Å². The standard InChI is InChI=1S/C16H14IN3/c17-13-8-6-11(7-9-13)14-10-19-16(20-14)15(18)12-4-2-1-3-5-12/h1-10,15H,18H2,(H,19,20). The Morgan fingerprint density at radius 2 is 1.70 bits per heavy atom. The Morgan fingerprint density at radius 3 is 2.40 bits per heavy atom. The molecule has 0 bridgehead atoms. The van der Waals surface area contributed by atoms with Crippen LogP contribution in [0.3, 0.4) is 0 Å². The number of hydrogen-bond acceptors (Lipinski definition) is 2. The van der Waals surface area contributed by atoms with Crippen molar-refractivity contribution in [1.82, 2.24) is 9.97 Å². The lowest BCUT2D eigenvalue weighted by Gasteiger charge is -2.08. The summed E-state index contributed by atoms with van der Waals surface area (Å²) in [5.41, 5.74) is 9.39. The number of H-pyrrole nitrogens is 1. The van der Waals surface area contributed by atoms with Crippen molar-refractivity contribution in [3.8, 4) is 11.3 Å². The zero-order chi connectivity index (χ0) is 13.9. The van der Waals surface area contributed by atoms with Gasteiger partial charge in [0.25, 0.3) is 0 Å². The summed E-state index contributed by atoms with van der Waals surface area (Å²) in [5.74, 6) is 0.782. The van der Waals surface area contributed by atoms with Crippen LogP contribution < -0.4 is 5.73 Å². The molecule has 0 saturated carbocycles. The van der Waals surface area contributed by atoms with Gasteiger partial charge < -0.3 is 10.7 Å². The van der Waals surface area contributed by atoms with Gasteiger partial charge in [0, 0.05) is 3.57 Å². The molecule has 4 heteroatoms. The zero-order valence-electron chi connectivity index (χ0n) is 10.8. The summed E-state index contributed by atoms with van der Waals surface area (Å²) in [6, 6.07) is 18.1. The lowest BCUT2D eigenvalue weighted by Crippen LogP contribution is -2.13. The highest BCUT2D eigenvalue weighted by Gasteiger charge is 2.12. The smallest absolute Gasteiger partial charge is 0.128 e. The molecule has 1 aromatic heterocycles. The highest BCUT2D eigenvalue weighted by Crippen LogP contribution is 2.22. The van der Waals surface area contributed by atoms with Crippen molar-refractivity contribution in [2.45, 2.75) is 6.04 Å². The van der Waals surface area contributed by atoms with Crippen LogP contribution in [0, 0.1) is 3.57 Å². The van der Waals surface area contributed by atoms with E-state index in [1.807, 2.05) is 36.5 Å². The number of halogens is 1. The predicted octanol–water partition coefficient (Wildman–Crippen LogP) is 3.73. The van der Waals surface area contributed by atoms with E-state index in [2.05, 4.69) is 56.8 Å². The van der Waals surface area contributed by atoms with Gasteiger partial charge in [-0.2, -0.15) is 0 Å². The normalized spacial score (nSPS) is 12.3. The Hall–Kier alpha value is -1.66. The molecule has 0 amide bonds. The molecule has 0 radical (unpaired) electrons. The number of aromatic nitrogens is 2. The minimum absolute atomic E-state index is 0.228. The largest absolute Gasteiger partial charge is 0.340 e. The highest BCUT2D eigenvalue weighted by atomic mass is 127. The van der Waals surface area contributed by atoms with Crippen LogP contribution in [0.1, 0.15) is 17.4 Å². The molecular weight excluding hydrogens is 361 g/mol. The lowest BCUT2D eigenvalue weighted by atomic mass is 10.1. The van der Waals surface area contributed by atoms with Gasteiger partial charge in [-0.15, -0.1) is 0 Å². The lowest BCUT2D eigenvalue weighted by molar-refractivity contribution is 0.801. The number of hydrogen-bond donors (Lipinski definition) is 2. The monoisotopic (exact) mass is 375 g/mol. The molecule has 3 nitrogen and oxygen atoms in total. The molecule has 3 N–H and O–H groups in total. The summed E-state index contributed by atoms with van der Waals surface area (Å²) >= 11 is 2.29. The van der Waals surface area contributed by atoms with Crippen molar-refractivity contribution in [3.05, 3.63) is 75.8 Å². The van der Waals surface area contributed by atoms with Crippen molar-refractivity contribution >= 4 is 22.6 Å². The third-order valence-electron chi connectivity index (χ3n) is 3.20. The van der Waals surface area contributed by atoms with E-state index < -0.39 is 0 Å². The van der Waals surface area contributed by atoms with Crippen LogP contribution in [0.4, 0.5) is 0 Å². The first-order valence-electron chi connectivity index (χ1n) is 6.35. The van der Waals surface area contributed by atoms with Gasteiger partial charge in [0.1, 0.15) is 5.82 Å². The molecule has 0 fully saturated rings. The minimum atomic E-state index is -0.228. The molecule has 1 unspecified atom stereocenters. The van der Waals surface area contributed by atoms with Gasteiger partial charge in [-0.25, -0.2) is 4.98 Å². The first-order chi connectivity index (χ1) is 9.74. The molecule has 100 valence electrons. The molecule has 0 aliphatic carbocycles. The first kappa shape index (κ1) is 13.3. The summed E-state index contributed by atoms with van der Waals surface area (Å²) in [4.78, 5) is 7.72. The summed E-state index contributed by atoms with van der Waals surface area (Å²) < 4.78 is 1.21. The Morgan fingerprint density at radius 1 is 1.00 bits per heavy atom. The SMILES string of the molecule is NC(c1ccccc1)c1ncc(-c2ccc(I)cc2)[nH]1. The van der Waals surface area contributed by atoms with Gasteiger partial charge in [-0.05, 0) is 45.9 Å². The molecule has 1 heterocycles. The Kier molecular flexibility index (Phi) is 3.84. The number of imidazole rings is 1. The molecule has 0 saturated heterocycles. The molecular formula is C16H14IN3. The fourth-order valence-electron chi connectivity index (χ4n) is 2.09. The van der Waals surface area contributed by atoms with Crippen molar-refractivity contribution in [1.29, 1.82) is 0 Å². The number of nitrogens with one attached hydrogen (secondary N) is 1. The molecule has 1 atom stereocenters. The topological polar surface area (TPSA) is 54.7 Å². The van der Waals surface area contributed by atoms with E-state index in [0.29, 0.717) is 0 Å². The third kappa shape index (κ3) is 2.76. The maximum atomic E-state index is 6.24. The molecule has 0 aliphatic heterocycles. The molecule has 2 aromatic carbocycles. The maximum absolute atomic E-state index is 6.24. The third-order valence-corrected chi connectivity index (χ3v) is 3.92. The minimum Gasteiger partial charge on any atom is -0.340 e. The predicted molar refractivity (Wildman–Crippen MR) is 89.2 cm³/mol. The average molecular weight is 375 g/mol. The van der Waals surface area contributed by atoms with Crippen LogP contribution in [-0.2, 0) is 0 Å². The molecule has 3 rings (SSSR count). The quantitative estimate of drug-likeness (QED) is 0.686. The number of aromatic amines is 1. The van der Waals surface area contributed by atoms with Crippen LogP contribution in [0.25, 0.3) is 11.3 Å². The van der Waals surface area contributed by atoms with Gasteiger partial charge in [0.15, 0.2) is 0 Å². The zero-order valence-corrected chi connectivity index (χ0v) is 12.9. The van der Waals surface area contributed by atoms with Gasteiger partial charge in [0.05, 0.1) is 17.9 Å². The Labute approximate surface area is 131 Å². The first-order valence-corrected chi connectivity index (χ1v) is 7.43. The van der Waals surface area contributed by atoms with Crippen molar-refractivity contribution in [3.63, 3.8) is 0 Å². The van der Waals surface area contributed by atoms with Gasteiger partial charge in [-0.1, -0.05) is 42.5 Å². The van der Waals surface area contributed by atoms with Crippen LogP contribution >= 0.6 is 22.6 Å². The van der Waals surface area contributed by atoms with Gasteiger partial charge in [0.2, 0.25) is 0 Å². The molecule has 0 aliphatic rings. The number of nitrogens with two attached hydrogens (primary N) is 1. The van der Waals surface area contributed by atoms with E-state index in [9.17, 15) is 0 Å². The fourth-order valence-corrected chi connectivity index (χ4v) is 2.45. The second kappa shape index (κ2) is 5.76. The van der Waals surface area contributed by atoms with E-state index in [1.54, 1.807) is 0 Å². The second-order valence-electron chi connectivity index (χ2n) is 4.58. The summed E-state index contributed by atoms with van der Waals surface area (Å²) in [5, 5.41) is 0. The van der Waals surface area contributed by atoms with Crippen molar-refractivity contribution in [2.24, 2.45) is 5.73 Å². The van der Waals surface area contributed by atoms with Crippen LogP contribution in [0.15, 0.2) is 60.8 Å². The number of rotatable bonds is 3.